The highest BCUT2D eigenvalue weighted by Gasteiger charge is 2.18. The number of unbranched alkanes of at least 4 members (excludes halogenated alkanes) is 2. The molecule has 1 aromatic heterocycles. The van der Waals surface area contributed by atoms with Crippen LogP contribution in [0.2, 0.25) is 0 Å². The molecular weight excluding hydrogens is 418 g/mol. The summed E-state index contributed by atoms with van der Waals surface area (Å²) >= 11 is 1.78. The number of benzene rings is 2. The molecule has 6 heteroatoms. The second-order valence-electron chi connectivity index (χ2n) is 8.74. The number of hydroxylamine groups is 1. The smallest absolute Gasteiger partial charge is 0.224 e. The molecule has 2 aliphatic rings. The van der Waals surface area contributed by atoms with E-state index in [4.69, 9.17) is 4.84 Å². The van der Waals surface area contributed by atoms with Crippen molar-refractivity contribution in [1.29, 1.82) is 0 Å². The lowest BCUT2D eigenvalue weighted by Gasteiger charge is -2.23. The fourth-order valence-electron chi connectivity index (χ4n) is 4.71. The third-order valence-electron chi connectivity index (χ3n) is 6.53. The SMILES string of the molecule is O=C1CCc2ccc(CCCCCN3CCON(c4cccc5sccc45)CC3)cc2N1. The zero-order valence-electron chi connectivity index (χ0n) is 18.5. The van der Waals surface area contributed by atoms with Gasteiger partial charge in [0.15, 0.2) is 0 Å². The van der Waals surface area contributed by atoms with Crippen molar-refractivity contribution in [3.8, 4) is 0 Å². The van der Waals surface area contributed by atoms with Gasteiger partial charge in [-0.3, -0.25) is 19.6 Å². The molecule has 1 fully saturated rings. The second-order valence-corrected chi connectivity index (χ2v) is 9.68. The lowest BCUT2D eigenvalue weighted by molar-refractivity contribution is -0.116. The maximum absolute atomic E-state index is 11.6. The Balaban J connectivity index is 1.06. The molecular formula is C26H31N3O2S. The van der Waals surface area contributed by atoms with Gasteiger partial charge in [-0.05, 0) is 73.0 Å². The number of nitrogens with zero attached hydrogens (tertiary/aromatic N) is 2. The molecule has 5 nitrogen and oxygen atoms in total. The van der Waals surface area contributed by atoms with Gasteiger partial charge in [0, 0.05) is 35.3 Å². The molecule has 3 aromatic rings. The summed E-state index contributed by atoms with van der Waals surface area (Å²) < 4.78 is 1.31. The maximum Gasteiger partial charge on any atom is 0.224 e. The fourth-order valence-corrected chi connectivity index (χ4v) is 5.52. The fraction of sp³-hybridized carbons (Fsp3) is 0.423. The van der Waals surface area contributed by atoms with Gasteiger partial charge in [-0.2, -0.15) is 0 Å². The maximum atomic E-state index is 11.6. The Bertz CT molecular complexity index is 1080. The van der Waals surface area contributed by atoms with E-state index in [9.17, 15) is 4.79 Å². The van der Waals surface area contributed by atoms with Gasteiger partial charge in [0.05, 0.1) is 18.8 Å². The zero-order chi connectivity index (χ0) is 21.8. The molecule has 0 spiro atoms. The summed E-state index contributed by atoms with van der Waals surface area (Å²) in [5.74, 6) is 0.140. The zero-order valence-corrected chi connectivity index (χ0v) is 19.3. The minimum absolute atomic E-state index is 0.140. The Kier molecular flexibility index (Phi) is 6.72. The average molecular weight is 450 g/mol. The van der Waals surface area contributed by atoms with Crippen molar-refractivity contribution in [2.75, 3.05) is 43.2 Å². The van der Waals surface area contributed by atoms with Crippen LogP contribution in [0.1, 0.15) is 36.8 Å². The molecule has 0 bridgehead atoms. The Hall–Kier alpha value is -2.41. The number of anilines is 2. The van der Waals surface area contributed by atoms with Crippen LogP contribution in [0.3, 0.4) is 0 Å². The Labute approximate surface area is 193 Å². The highest BCUT2D eigenvalue weighted by molar-refractivity contribution is 7.17. The molecule has 0 unspecified atom stereocenters. The van der Waals surface area contributed by atoms with E-state index in [0.717, 1.165) is 51.3 Å². The summed E-state index contributed by atoms with van der Waals surface area (Å²) in [4.78, 5) is 20.3. The molecule has 3 heterocycles. The van der Waals surface area contributed by atoms with Crippen molar-refractivity contribution >= 4 is 38.7 Å². The Morgan fingerprint density at radius 1 is 1.00 bits per heavy atom. The molecule has 1 saturated heterocycles. The van der Waals surface area contributed by atoms with Crippen LogP contribution in [-0.4, -0.2) is 43.6 Å². The minimum Gasteiger partial charge on any atom is -0.326 e. The molecule has 2 aromatic carbocycles. The molecule has 0 radical (unpaired) electrons. The second kappa shape index (κ2) is 10.0. The van der Waals surface area contributed by atoms with E-state index in [-0.39, 0.29) is 5.91 Å². The van der Waals surface area contributed by atoms with Crippen LogP contribution in [0.4, 0.5) is 11.4 Å². The highest BCUT2D eigenvalue weighted by atomic mass is 32.1. The van der Waals surface area contributed by atoms with Gasteiger partial charge < -0.3 is 5.32 Å². The molecule has 0 aliphatic carbocycles. The quantitative estimate of drug-likeness (QED) is 0.500. The summed E-state index contributed by atoms with van der Waals surface area (Å²) in [6.07, 6.45) is 6.16. The number of nitrogens with one attached hydrogen (secondary N) is 1. The molecule has 168 valence electrons. The summed E-state index contributed by atoms with van der Waals surface area (Å²) in [5.41, 5.74) is 4.80. The summed E-state index contributed by atoms with van der Waals surface area (Å²) in [5, 5.41) is 8.54. The third kappa shape index (κ3) is 4.98. The van der Waals surface area contributed by atoms with Crippen LogP contribution in [0.15, 0.2) is 47.8 Å². The van der Waals surface area contributed by atoms with Crippen molar-refractivity contribution < 1.29 is 9.63 Å². The van der Waals surface area contributed by atoms with Crippen molar-refractivity contribution in [3.05, 3.63) is 59.0 Å². The van der Waals surface area contributed by atoms with Crippen LogP contribution in [0.25, 0.3) is 10.1 Å². The first-order valence-corrected chi connectivity index (χ1v) is 12.6. The first-order valence-electron chi connectivity index (χ1n) is 11.8. The van der Waals surface area contributed by atoms with Crippen molar-refractivity contribution in [1.82, 2.24) is 4.90 Å². The van der Waals surface area contributed by atoms with Crippen LogP contribution < -0.4 is 10.4 Å². The summed E-state index contributed by atoms with van der Waals surface area (Å²) in [6, 6.07) is 15.2. The normalized spacial score (nSPS) is 17.2. The van der Waals surface area contributed by atoms with Crippen LogP contribution in [0, 0.1) is 0 Å². The number of thiophene rings is 1. The molecule has 5 rings (SSSR count). The first-order chi connectivity index (χ1) is 15.8. The number of hydrogen-bond acceptors (Lipinski definition) is 5. The van der Waals surface area contributed by atoms with Crippen LogP contribution in [-0.2, 0) is 22.5 Å². The molecule has 2 aliphatic heterocycles. The van der Waals surface area contributed by atoms with E-state index >= 15 is 0 Å². The van der Waals surface area contributed by atoms with Gasteiger partial charge in [0.1, 0.15) is 0 Å². The number of amides is 1. The van der Waals surface area contributed by atoms with Gasteiger partial charge in [0.25, 0.3) is 0 Å². The number of rotatable bonds is 7. The van der Waals surface area contributed by atoms with Gasteiger partial charge >= 0.3 is 0 Å². The number of aryl methyl sites for hydroxylation is 2. The highest BCUT2D eigenvalue weighted by Crippen LogP contribution is 2.31. The topological polar surface area (TPSA) is 44.8 Å². The largest absolute Gasteiger partial charge is 0.326 e. The average Bonchev–Trinajstić information content (AvgIpc) is 3.17. The van der Waals surface area contributed by atoms with Gasteiger partial charge in [0.2, 0.25) is 5.91 Å². The number of carbonyl (C=O) groups excluding carboxylic acids is 1. The molecule has 0 atom stereocenters. The summed E-state index contributed by atoms with van der Waals surface area (Å²) in [7, 11) is 0. The number of fused-ring (bicyclic) bond motifs is 2. The van der Waals surface area contributed by atoms with Gasteiger partial charge in [-0.25, -0.2) is 0 Å². The Morgan fingerprint density at radius 2 is 1.97 bits per heavy atom. The van der Waals surface area contributed by atoms with E-state index in [1.807, 2.05) is 0 Å². The van der Waals surface area contributed by atoms with E-state index in [2.05, 4.69) is 63.1 Å². The van der Waals surface area contributed by atoms with Crippen LogP contribution in [0.5, 0.6) is 0 Å². The number of hydrogen-bond donors (Lipinski definition) is 1. The van der Waals surface area contributed by atoms with Crippen LogP contribution >= 0.6 is 11.3 Å². The third-order valence-corrected chi connectivity index (χ3v) is 7.41. The van der Waals surface area contributed by atoms with Crippen molar-refractivity contribution in [2.45, 2.75) is 38.5 Å². The molecule has 0 saturated carbocycles. The van der Waals surface area contributed by atoms with E-state index in [1.165, 1.54) is 46.2 Å². The molecule has 1 N–H and O–H groups in total. The predicted molar refractivity (Wildman–Crippen MR) is 133 cm³/mol. The van der Waals surface area contributed by atoms with E-state index in [0.29, 0.717) is 6.42 Å². The lowest BCUT2D eigenvalue weighted by atomic mass is 9.98. The van der Waals surface area contributed by atoms with Gasteiger partial charge in [-0.15, -0.1) is 11.3 Å². The molecule has 32 heavy (non-hydrogen) atoms. The van der Waals surface area contributed by atoms with E-state index in [1.54, 1.807) is 11.3 Å². The standard InChI is InChI=1S/C26H31N3O2S/c30-26-11-10-21-9-8-20(19-23(21)27-26)5-2-1-3-13-28-14-15-29(31-17-16-28)24-6-4-7-25-22(24)12-18-32-25/h4,6-9,12,18-19H,1-3,5,10-11,13-17H2,(H,27,30). The first kappa shape index (κ1) is 21.4. The molecule has 1 amide bonds. The van der Waals surface area contributed by atoms with Crippen molar-refractivity contribution in [2.24, 2.45) is 0 Å². The van der Waals surface area contributed by atoms with Gasteiger partial charge in [-0.1, -0.05) is 24.6 Å². The Morgan fingerprint density at radius 3 is 2.94 bits per heavy atom. The van der Waals surface area contributed by atoms with Crippen molar-refractivity contribution in [3.63, 3.8) is 0 Å². The lowest BCUT2D eigenvalue weighted by Crippen LogP contribution is -2.31. The summed E-state index contributed by atoms with van der Waals surface area (Å²) in [6.45, 7) is 4.78. The monoisotopic (exact) mass is 449 g/mol. The minimum atomic E-state index is 0.140. The number of carbonyl (C=O) groups is 1. The van der Waals surface area contributed by atoms with E-state index < -0.39 is 0 Å². The predicted octanol–water partition coefficient (Wildman–Crippen LogP) is 5.25.